The van der Waals surface area contributed by atoms with Gasteiger partial charge >= 0.3 is 12.2 Å². The highest BCUT2D eigenvalue weighted by Crippen LogP contribution is 2.35. The molecule has 1 aromatic carbocycles. The number of carbonyl (C=O) groups excluding carboxylic acids is 1. The summed E-state index contributed by atoms with van der Waals surface area (Å²) in [7, 11) is 0. The highest BCUT2D eigenvalue weighted by molar-refractivity contribution is 7.08. The molecule has 1 aliphatic rings. The third-order valence-corrected chi connectivity index (χ3v) is 6.99. The third kappa shape index (κ3) is 5.86. The number of nitrogens with zero attached hydrogens (tertiary/aromatic N) is 4. The van der Waals surface area contributed by atoms with Gasteiger partial charge in [0.05, 0.1) is 5.52 Å². The fraction of sp³-hybridized carbons (Fsp3) is 0.269. The number of pyridine rings is 2. The molecule has 7 nitrogen and oxygen atoms in total. The molecule has 5 rings (SSSR count). The summed E-state index contributed by atoms with van der Waals surface area (Å²) in [5, 5.41) is 10.2. The van der Waals surface area contributed by atoms with Crippen LogP contribution in [0.4, 0.5) is 33.9 Å². The van der Waals surface area contributed by atoms with Gasteiger partial charge in [0.15, 0.2) is 0 Å². The summed E-state index contributed by atoms with van der Waals surface area (Å²) in [6.07, 6.45) is -3.00. The Morgan fingerprint density at radius 1 is 1.08 bits per heavy atom. The van der Waals surface area contributed by atoms with Crippen LogP contribution in [-0.4, -0.2) is 65.1 Å². The molecule has 2 N–H and O–H groups in total. The van der Waals surface area contributed by atoms with Gasteiger partial charge < -0.3 is 15.5 Å². The van der Waals surface area contributed by atoms with Gasteiger partial charge in [0.2, 0.25) is 0 Å². The van der Waals surface area contributed by atoms with E-state index >= 15 is 0 Å². The van der Waals surface area contributed by atoms with Crippen LogP contribution in [0, 0.1) is 5.82 Å². The number of urea groups is 1. The van der Waals surface area contributed by atoms with Crippen LogP contribution >= 0.6 is 11.3 Å². The number of aromatic nitrogens is 2. The fourth-order valence-corrected chi connectivity index (χ4v) is 4.97. The van der Waals surface area contributed by atoms with Crippen molar-refractivity contribution in [3.05, 3.63) is 70.9 Å². The molecule has 0 aliphatic carbocycles. The quantitative estimate of drug-likeness (QED) is 0.301. The second-order valence-corrected chi connectivity index (χ2v) is 9.60. The van der Waals surface area contributed by atoms with Crippen LogP contribution < -0.4 is 10.6 Å². The molecule has 2 amide bonds. The zero-order valence-corrected chi connectivity index (χ0v) is 20.9. The average Bonchev–Trinajstić information content (AvgIpc) is 3.43. The number of fused-ring (bicyclic) bond motifs is 1. The number of benzene rings is 1. The lowest BCUT2D eigenvalue weighted by molar-refractivity contribution is -0.140. The Kier molecular flexibility index (Phi) is 7.43. The molecule has 0 unspecified atom stereocenters. The Bertz CT molecular complexity index is 1420. The molecule has 0 atom stereocenters. The first-order valence-corrected chi connectivity index (χ1v) is 12.9. The number of halogens is 4. The predicted molar refractivity (Wildman–Crippen MR) is 140 cm³/mol. The van der Waals surface area contributed by atoms with Crippen molar-refractivity contribution in [3.8, 4) is 11.1 Å². The van der Waals surface area contributed by atoms with E-state index < -0.39 is 17.7 Å². The lowest BCUT2D eigenvalue weighted by Gasteiger charge is -2.34. The SMILES string of the molecule is O=C(Nc1cccc(F)c1)N1CCN(CCNc2ncc(-c3ccsc3)c3nc(C(F)(F)F)ccc23)CC1. The summed E-state index contributed by atoms with van der Waals surface area (Å²) in [6.45, 7) is 3.50. The van der Waals surface area contributed by atoms with E-state index in [9.17, 15) is 22.4 Å². The minimum Gasteiger partial charge on any atom is -0.368 e. The number of anilines is 2. The molecule has 0 saturated carbocycles. The van der Waals surface area contributed by atoms with E-state index in [1.54, 1.807) is 17.2 Å². The van der Waals surface area contributed by atoms with E-state index in [1.165, 1.54) is 35.6 Å². The van der Waals surface area contributed by atoms with Crippen molar-refractivity contribution in [2.24, 2.45) is 0 Å². The maximum Gasteiger partial charge on any atom is 0.433 e. The Hall–Kier alpha value is -3.77. The summed E-state index contributed by atoms with van der Waals surface area (Å²) in [4.78, 5) is 24.8. The molecular weight excluding hydrogens is 520 g/mol. The number of alkyl halides is 3. The monoisotopic (exact) mass is 544 g/mol. The minimum absolute atomic E-state index is 0.244. The lowest BCUT2D eigenvalue weighted by atomic mass is 10.1. The number of nitrogens with one attached hydrogen (secondary N) is 2. The number of amides is 2. The van der Waals surface area contributed by atoms with Gasteiger partial charge in [-0.15, -0.1) is 0 Å². The highest BCUT2D eigenvalue weighted by Gasteiger charge is 2.33. The topological polar surface area (TPSA) is 73.4 Å². The summed E-state index contributed by atoms with van der Waals surface area (Å²) in [5.41, 5.74) is 1.02. The van der Waals surface area contributed by atoms with Gasteiger partial charge in [-0.05, 0) is 52.7 Å². The van der Waals surface area contributed by atoms with Crippen LogP contribution in [0.3, 0.4) is 0 Å². The van der Waals surface area contributed by atoms with Gasteiger partial charge in [0, 0.05) is 62.1 Å². The number of hydrogen-bond donors (Lipinski definition) is 2. The first kappa shape index (κ1) is 25.9. The van der Waals surface area contributed by atoms with Gasteiger partial charge in [-0.3, -0.25) is 4.90 Å². The molecule has 1 aliphatic heterocycles. The fourth-order valence-electron chi connectivity index (χ4n) is 4.32. The molecule has 1 saturated heterocycles. The number of piperazine rings is 1. The lowest BCUT2D eigenvalue weighted by Crippen LogP contribution is -2.50. The number of rotatable bonds is 6. The van der Waals surface area contributed by atoms with E-state index in [2.05, 4.69) is 25.5 Å². The van der Waals surface area contributed by atoms with Gasteiger partial charge in [-0.25, -0.2) is 19.2 Å². The minimum atomic E-state index is -4.55. The van der Waals surface area contributed by atoms with Gasteiger partial charge in [-0.2, -0.15) is 24.5 Å². The normalized spacial score (nSPS) is 14.6. The standard InChI is InChI=1S/C26H24F4N6OS/c27-18-2-1-3-19(14-18)33-25(37)36-11-9-35(10-12-36)8-7-31-24-20-4-5-22(26(28,29)30)34-23(20)21(15-32-24)17-6-13-38-16-17/h1-6,13-16H,7-12H2,(H,31,32)(H,33,37). The van der Waals surface area contributed by atoms with E-state index in [0.29, 0.717) is 61.7 Å². The predicted octanol–water partition coefficient (Wildman–Crippen LogP) is 5.78. The molecule has 198 valence electrons. The smallest absolute Gasteiger partial charge is 0.368 e. The highest BCUT2D eigenvalue weighted by atomic mass is 32.1. The maximum atomic E-state index is 13.4. The summed E-state index contributed by atoms with van der Waals surface area (Å²) < 4.78 is 53.4. The third-order valence-electron chi connectivity index (χ3n) is 6.31. The Labute approximate surface area is 220 Å². The second-order valence-electron chi connectivity index (χ2n) is 8.82. The van der Waals surface area contributed by atoms with Crippen LogP contribution in [0.25, 0.3) is 22.0 Å². The molecule has 0 spiro atoms. The molecule has 12 heteroatoms. The average molecular weight is 545 g/mol. The van der Waals surface area contributed by atoms with E-state index in [1.807, 2.05) is 16.8 Å². The van der Waals surface area contributed by atoms with Crippen LogP contribution in [-0.2, 0) is 6.18 Å². The molecule has 4 aromatic rings. The van der Waals surface area contributed by atoms with E-state index in [0.717, 1.165) is 11.6 Å². The van der Waals surface area contributed by atoms with Gasteiger partial charge in [0.25, 0.3) is 0 Å². The van der Waals surface area contributed by atoms with Crippen molar-refractivity contribution in [1.29, 1.82) is 0 Å². The second kappa shape index (κ2) is 10.9. The molecule has 3 aromatic heterocycles. The van der Waals surface area contributed by atoms with Crippen LogP contribution in [0.15, 0.2) is 59.4 Å². The Morgan fingerprint density at radius 3 is 2.61 bits per heavy atom. The first-order chi connectivity index (χ1) is 18.3. The number of hydrogen-bond acceptors (Lipinski definition) is 6. The van der Waals surface area contributed by atoms with Crippen LogP contribution in [0.2, 0.25) is 0 Å². The molecule has 1 fully saturated rings. The Morgan fingerprint density at radius 2 is 1.89 bits per heavy atom. The van der Waals surface area contributed by atoms with Crippen molar-refractivity contribution in [2.45, 2.75) is 6.18 Å². The van der Waals surface area contributed by atoms with E-state index in [-0.39, 0.29) is 11.5 Å². The molecule has 4 heterocycles. The van der Waals surface area contributed by atoms with Crippen molar-refractivity contribution < 1.29 is 22.4 Å². The van der Waals surface area contributed by atoms with Crippen molar-refractivity contribution in [3.63, 3.8) is 0 Å². The van der Waals surface area contributed by atoms with Crippen molar-refractivity contribution in [2.75, 3.05) is 49.9 Å². The van der Waals surface area contributed by atoms with Gasteiger partial charge in [-0.1, -0.05) is 6.07 Å². The van der Waals surface area contributed by atoms with Gasteiger partial charge in [0.1, 0.15) is 17.3 Å². The Balaban J connectivity index is 1.20. The van der Waals surface area contributed by atoms with Crippen LogP contribution in [0.5, 0.6) is 0 Å². The zero-order chi connectivity index (χ0) is 26.7. The molecule has 0 bridgehead atoms. The van der Waals surface area contributed by atoms with E-state index in [4.69, 9.17) is 0 Å². The maximum absolute atomic E-state index is 13.4. The summed E-state index contributed by atoms with van der Waals surface area (Å²) in [5.74, 6) is 0.0494. The largest absolute Gasteiger partial charge is 0.433 e. The summed E-state index contributed by atoms with van der Waals surface area (Å²) >= 11 is 1.45. The van der Waals surface area contributed by atoms with Crippen molar-refractivity contribution in [1.82, 2.24) is 19.8 Å². The number of carbonyl (C=O) groups is 1. The zero-order valence-electron chi connectivity index (χ0n) is 20.1. The molecule has 0 radical (unpaired) electrons. The van der Waals surface area contributed by atoms with Crippen molar-refractivity contribution >= 4 is 39.8 Å². The molecule has 38 heavy (non-hydrogen) atoms. The number of thiophene rings is 1. The molecular formula is C26H24F4N6OS. The first-order valence-electron chi connectivity index (χ1n) is 12.0. The summed E-state index contributed by atoms with van der Waals surface area (Å²) in [6, 6.07) is 9.68. The van der Waals surface area contributed by atoms with Crippen LogP contribution in [0.1, 0.15) is 5.69 Å².